The lowest BCUT2D eigenvalue weighted by Gasteiger charge is -2.38. The number of rotatable bonds is 5. The Hall–Kier alpha value is -3.45. The molecule has 1 saturated heterocycles. The van der Waals surface area contributed by atoms with Crippen LogP contribution in [0.2, 0.25) is 0 Å². The van der Waals surface area contributed by atoms with Crippen LogP contribution in [0.1, 0.15) is 6.92 Å². The van der Waals surface area contributed by atoms with Gasteiger partial charge in [0.25, 0.3) is 0 Å². The molecule has 7 heteroatoms. The topological polar surface area (TPSA) is 70.9 Å². The molecule has 1 aliphatic rings. The summed E-state index contributed by atoms with van der Waals surface area (Å²) in [5, 5.41) is 7.12. The minimum Gasteiger partial charge on any atom is -0.369 e. The molecular weight excluding hydrogens is 374 g/mol. The number of nitrogens with zero attached hydrogens (tertiary/aromatic N) is 5. The number of hydrogen-bond acceptors (Lipinski definition) is 6. The molecule has 2 N–H and O–H groups in total. The van der Waals surface area contributed by atoms with Crippen LogP contribution < -0.4 is 15.5 Å². The first kappa shape index (κ1) is 18.6. The Balaban J connectivity index is 1.32. The van der Waals surface area contributed by atoms with Crippen LogP contribution in [0.5, 0.6) is 0 Å². The van der Waals surface area contributed by atoms with E-state index in [2.05, 4.69) is 62.8 Å². The SMILES string of the molecule is CC(Nc1nccc(-n2cnc3ccccc32)n1)C1CN(c2ccccc2)CCN1. The summed E-state index contributed by atoms with van der Waals surface area (Å²) in [5.41, 5.74) is 3.25. The fourth-order valence-corrected chi connectivity index (χ4v) is 3.99. The van der Waals surface area contributed by atoms with Gasteiger partial charge in [-0.15, -0.1) is 0 Å². The van der Waals surface area contributed by atoms with E-state index in [9.17, 15) is 0 Å². The van der Waals surface area contributed by atoms with Crippen LogP contribution in [0.3, 0.4) is 0 Å². The van der Waals surface area contributed by atoms with Crippen molar-refractivity contribution in [2.24, 2.45) is 0 Å². The maximum Gasteiger partial charge on any atom is 0.224 e. The van der Waals surface area contributed by atoms with Crippen LogP contribution in [0, 0.1) is 0 Å². The van der Waals surface area contributed by atoms with Crippen LogP contribution in [0.4, 0.5) is 11.6 Å². The van der Waals surface area contributed by atoms with Crippen molar-refractivity contribution < 1.29 is 0 Å². The van der Waals surface area contributed by atoms with Gasteiger partial charge >= 0.3 is 0 Å². The smallest absolute Gasteiger partial charge is 0.224 e. The van der Waals surface area contributed by atoms with Crippen molar-refractivity contribution in [1.82, 2.24) is 24.8 Å². The number of fused-ring (bicyclic) bond motifs is 1. The molecule has 2 atom stereocenters. The van der Waals surface area contributed by atoms with E-state index in [1.165, 1.54) is 5.69 Å². The highest BCUT2D eigenvalue weighted by atomic mass is 15.2. The van der Waals surface area contributed by atoms with E-state index >= 15 is 0 Å². The molecule has 3 heterocycles. The maximum atomic E-state index is 4.74. The molecule has 2 unspecified atom stereocenters. The number of imidazole rings is 1. The van der Waals surface area contributed by atoms with Gasteiger partial charge in [-0.25, -0.2) is 9.97 Å². The monoisotopic (exact) mass is 399 g/mol. The molecule has 0 aliphatic carbocycles. The second-order valence-corrected chi connectivity index (χ2v) is 7.62. The summed E-state index contributed by atoms with van der Waals surface area (Å²) in [4.78, 5) is 16.1. The molecule has 0 radical (unpaired) electrons. The molecule has 2 aromatic carbocycles. The van der Waals surface area contributed by atoms with Gasteiger partial charge in [0.05, 0.1) is 11.0 Å². The highest BCUT2D eigenvalue weighted by Gasteiger charge is 2.25. The number of benzene rings is 2. The lowest BCUT2D eigenvalue weighted by molar-refractivity contribution is 0.421. The lowest BCUT2D eigenvalue weighted by atomic mass is 10.1. The third-order valence-electron chi connectivity index (χ3n) is 5.63. The van der Waals surface area contributed by atoms with Crippen molar-refractivity contribution in [2.45, 2.75) is 19.0 Å². The van der Waals surface area contributed by atoms with Gasteiger partial charge in [0.1, 0.15) is 12.1 Å². The molecule has 0 saturated carbocycles. The van der Waals surface area contributed by atoms with Crippen molar-refractivity contribution >= 4 is 22.7 Å². The fourth-order valence-electron chi connectivity index (χ4n) is 3.99. The lowest BCUT2D eigenvalue weighted by Crippen LogP contribution is -2.56. The zero-order valence-corrected chi connectivity index (χ0v) is 16.9. The predicted octanol–water partition coefficient (Wildman–Crippen LogP) is 3.09. The van der Waals surface area contributed by atoms with Gasteiger partial charge in [0.15, 0.2) is 0 Å². The summed E-state index contributed by atoms with van der Waals surface area (Å²) in [6.45, 7) is 5.07. The summed E-state index contributed by atoms with van der Waals surface area (Å²) in [6, 6.07) is 21.0. The standard InChI is InChI=1S/C23H25N7/c1-17(20-15-29(14-13-24-20)18-7-3-2-4-8-18)27-23-25-12-11-22(28-23)30-16-26-19-9-5-6-10-21(19)30/h2-12,16-17,20,24H,13-15H2,1H3,(H,25,27,28). The first-order valence-corrected chi connectivity index (χ1v) is 10.3. The number of nitrogens with one attached hydrogen (secondary N) is 2. The van der Waals surface area contributed by atoms with E-state index < -0.39 is 0 Å². The average molecular weight is 400 g/mol. The second kappa shape index (κ2) is 8.12. The largest absolute Gasteiger partial charge is 0.369 e. The number of hydrogen-bond donors (Lipinski definition) is 2. The van der Waals surface area contributed by atoms with E-state index in [1.54, 1.807) is 12.5 Å². The molecule has 30 heavy (non-hydrogen) atoms. The van der Waals surface area contributed by atoms with Crippen LogP contribution >= 0.6 is 0 Å². The Morgan fingerprint density at radius 3 is 2.77 bits per heavy atom. The quantitative estimate of drug-likeness (QED) is 0.537. The average Bonchev–Trinajstić information content (AvgIpc) is 3.24. The van der Waals surface area contributed by atoms with Crippen LogP contribution in [0.25, 0.3) is 16.9 Å². The van der Waals surface area contributed by atoms with Gasteiger partial charge < -0.3 is 15.5 Å². The molecule has 1 aliphatic heterocycles. The van der Waals surface area contributed by atoms with Crippen LogP contribution in [-0.2, 0) is 0 Å². The summed E-state index contributed by atoms with van der Waals surface area (Å²) < 4.78 is 1.99. The number of piperazine rings is 1. The number of aromatic nitrogens is 4. The Morgan fingerprint density at radius 2 is 1.87 bits per heavy atom. The molecule has 5 rings (SSSR count). The minimum absolute atomic E-state index is 0.172. The second-order valence-electron chi connectivity index (χ2n) is 7.62. The van der Waals surface area contributed by atoms with E-state index in [-0.39, 0.29) is 6.04 Å². The molecule has 7 nitrogen and oxygen atoms in total. The van der Waals surface area contributed by atoms with Gasteiger partial charge in [-0.3, -0.25) is 4.57 Å². The summed E-state index contributed by atoms with van der Waals surface area (Å²) in [7, 11) is 0. The van der Waals surface area contributed by atoms with Gasteiger partial charge in [0.2, 0.25) is 5.95 Å². The fraction of sp³-hybridized carbons (Fsp3) is 0.261. The number of anilines is 2. The van der Waals surface area contributed by atoms with Crippen molar-refractivity contribution in [1.29, 1.82) is 0 Å². The molecule has 0 bridgehead atoms. The molecule has 152 valence electrons. The van der Waals surface area contributed by atoms with Gasteiger partial charge in [-0.1, -0.05) is 30.3 Å². The maximum absolute atomic E-state index is 4.74. The Morgan fingerprint density at radius 1 is 1.03 bits per heavy atom. The van der Waals surface area contributed by atoms with E-state index in [0.29, 0.717) is 12.0 Å². The molecular formula is C23H25N7. The first-order chi connectivity index (χ1) is 14.8. The van der Waals surface area contributed by atoms with Crippen molar-refractivity contribution in [3.63, 3.8) is 0 Å². The Bertz CT molecular complexity index is 1120. The molecule has 0 amide bonds. The Kier molecular flexibility index (Phi) is 5.03. The highest BCUT2D eigenvalue weighted by Crippen LogP contribution is 2.19. The van der Waals surface area contributed by atoms with Gasteiger partial charge in [-0.05, 0) is 37.3 Å². The molecule has 0 spiro atoms. The zero-order chi connectivity index (χ0) is 20.3. The van der Waals surface area contributed by atoms with E-state index in [4.69, 9.17) is 4.98 Å². The van der Waals surface area contributed by atoms with Crippen LogP contribution in [0.15, 0.2) is 73.2 Å². The number of para-hydroxylation sites is 3. The van der Waals surface area contributed by atoms with E-state index in [1.807, 2.05) is 34.9 Å². The van der Waals surface area contributed by atoms with E-state index in [0.717, 1.165) is 36.5 Å². The minimum atomic E-state index is 0.172. The van der Waals surface area contributed by atoms with Gasteiger partial charge in [0, 0.05) is 43.6 Å². The summed E-state index contributed by atoms with van der Waals surface area (Å²) in [6.07, 6.45) is 3.59. The van der Waals surface area contributed by atoms with Gasteiger partial charge in [-0.2, -0.15) is 4.98 Å². The van der Waals surface area contributed by atoms with Crippen molar-refractivity contribution in [3.05, 3.63) is 73.2 Å². The molecule has 2 aromatic heterocycles. The zero-order valence-electron chi connectivity index (χ0n) is 16.9. The Labute approximate surface area is 175 Å². The van der Waals surface area contributed by atoms with Crippen molar-refractivity contribution in [3.8, 4) is 5.82 Å². The molecule has 4 aromatic rings. The normalized spacial score (nSPS) is 17.8. The van der Waals surface area contributed by atoms with Crippen LogP contribution in [-0.4, -0.2) is 51.2 Å². The van der Waals surface area contributed by atoms with Crippen molar-refractivity contribution in [2.75, 3.05) is 29.9 Å². The third-order valence-corrected chi connectivity index (χ3v) is 5.63. The highest BCUT2D eigenvalue weighted by molar-refractivity contribution is 5.76. The summed E-state index contributed by atoms with van der Waals surface area (Å²) in [5.74, 6) is 1.42. The summed E-state index contributed by atoms with van der Waals surface area (Å²) >= 11 is 0. The third kappa shape index (κ3) is 3.71. The predicted molar refractivity (Wildman–Crippen MR) is 120 cm³/mol. The molecule has 1 fully saturated rings. The first-order valence-electron chi connectivity index (χ1n) is 10.3.